The maximum absolute atomic E-state index is 13.2. The topological polar surface area (TPSA) is 75.3 Å². The summed E-state index contributed by atoms with van der Waals surface area (Å²) >= 11 is 6.92. The second kappa shape index (κ2) is 7.63. The molecule has 140 valence electrons. The maximum Gasteiger partial charge on any atom is 0.265 e. The van der Waals surface area contributed by atoms with Gasteiger partial charge in [-0.15, -0.1) is 11.3 Å². The minimum Gasteiger partial charge on any atom is -0.321 e. The van der Waals surface area contributed by atoms with E-state index in [0.29, 0.717) is 21.0 Å². The number of carbonyl (C=O) groups is 1. The van der Waals surface area contributed by atoms with Crippen LogP contribution in [0.1, 0.15) is 9.67 Å². The molecule has 0 aliphatic heterocycles. The van der Waals surface area contributed by atoms with Crippen LogP contribution in [-0.4, -0.2) is 14.3 Å². The van der Waals surface area contributed by atoms with Crippen LogP contribution in [0.2, 0.25) is 4.34 Å². The van der Waals surface area contributed by atoms with Crippen molar-refractivity contribution in [3.05, 3.63) is 75.4 Å². The summed E-state index contributed by atoms with van der Waals surface area (Å²) in [4.78, 5) is 12.1. The lowest BCUT2D eigenvalue weighted by atomic mass is 10.3. The van der Waals surface area contributed by atoms with E-state index >= 15 is 0 Å². The molecule has 1 aromatic heterocycles. The van der Waals surface area contributed by atoms with Crippen molar-refractivity contribution in [2.24, 2.45) is 0 Å². The quantitative estimate of drug-likeness (QED) is 0.616. The second-order valence-corrected chi connectivity index (χ2v) is 8.71. The molecule has 0 atom stereocenters. The Hall–Kier alpha value is -2.49. The highest BCUT2D eigenvalue weighted by Crippen LogP contribution is 2.23. The van der Waals surface area contributed by atoms with Crippen molar-refractivity contribution in [3.8, 4) is 0 Å². The first-order valence-electron chi connectivity index (χ1n) is 7.39. The number of anilines is 2. The van der Waals surface area contributed by atoms with Crippen LogP contribution < -0.4 is 10.0 Å². The number of sulfonamides is 1. The molecule has 1 amide bonds. The lowest BCUT2D eigenvalue weighted by Crippen LogP contribution is -2.14. The minimum atomic E-state index is -4.09. The van der Waals surface area contributed by atoms with Gasteiger partial charge in [0.2, 0.25) is 0 Å². The third kappa shape index (κ3) is 4.62. The number of amides is 1. The van der Waals surface area contributed by atoms with E-state index in [1.165, 1.54) is 24.3 Å². The molecule has 0 aliphatic carbocycles. The first-order valence-corrected chi connectivity index (χ1v) is 10.1. The average Bonchev–Trinajstić information content (AvgIpc) is 3.05. The van der Waals surface area contributed by atoms with Gasteiger partial charge in [0.1, 0.15) is 0 Å². The number of nitrogens with one attached hydrogen (secondary N) is 2. The first kappa shape index (κ1) is 19.3. The van der Waals surface area contributed by atoms with Crippen molar-refractivity contribution in [1.29, 1.82) is 0 Å². The molecule has 27 heavy (non-hydrogen) atoms. The van der Waals surface area contributed by atoms with E-state index in [9.17, 15) is 22.0 Å². The van der Waals surface area contributed by atoms with Gasteiger partial charge in [-0.2, -0.15) is 0 Å². The SMILES string of the molecule is O=C(Nc1ccc(NS(=O)(=O)c2ccc(F)c(F)c2)cc1)c1ccc(Cl)s1. The Labute approximate surface area is 162 Å². The number of halogens is 3. The number of thiophene rings is 1. The zero-order valence-electron chi connectivity index (χ0n) is 13.4. The van der Waals surface area contributed by atoms with Gasteiger partial charge in [0, 0.05) is 11.4 Å². The van der Waals surface area contributed by atoms with Gasteiger partial charge in [-0.3, -0.25) is 9.52 Å². The van der Waals surface area contributed by atoms with Crippen molar-refractivity contribution < 1.29 is 22.0 Å². The highest BCUT2D eigenvalue weighted by atomic mass is 35.5. The molecule has 3 aromatic rings. The predicted molar refractivity (Wildman–Crippen MR) is 101 cm³/mol. The van der Waals surface area contributed by atoms with Crippen LogP contribution in [-0.2, 0) is 10.0 Å². The summed E-state index contributed by atoms with van der Waals surface area (Å²) in [7, 11) is -4.09. The van der Waals surface area contributed by atoms with Crippen molar-refractivity contribution >= 4 is 50.2 Å². The van der Waals surface area contributed by atoms with Gasteiger partial charge in [-0.25, -0.2) is 17.2 Å². The van der Waals surface area contributed by atoms with Crippen LogP contribution in [0.3, 0.4) is 0 Å². The Morgan fingerprint density at radius 2 is 1.59 bits per heavy atom. The van der Waals surface area contributed by atoms with Crippen molar-refractivity contribution in [2.45, 2.75) is 4.90 Å². The zero-order chi connectivity index (χ0) is 19.6. The van der Waals surface area contributed by atoms with Gasteiger partial charge in [0.25, 0.3) is 15.9 Å². The van der Waals surface area contributed by atoms with E-state index in [1.807, 2.05) is 0 Å². The van der Waals surface area contributed by atoms with Gasteiger partial charge >= 0.3 is 0 Å². The molecule has 0 saturated carbocycles. The average molecular weight is 429 g/mol. The molecule has 0 radical (unpaired) electrons. The van der Waals surface area contributed by atoms with Gasteiger partial charge < -0.3 is 5.32 Å². The summed E-state index contributed by atoms with van der Waals surface area (Å²) in [6.07, 6.45) is 0. The molecule has 0 saturated heterocycles. The first-order chi connectivity index (χ1) is 12.7. The summed E-state index contributed by atoms with van der Waals surface area (Å²) in [5.74, 6) is -2.74. The Bertz CT molecular complexity index is 1100. The van der Waals surface area contributed by atoms with Crippen molar-refractivity contribution in [2.75, 3.05) is 10.0 Å². The Morgan fingerprint density at radius 1 is 0.926 bits per heavy atom. The van der Waals surface area contributed by atoms with E-state index in [2.05, 4.69) is 10.0 Å². The number of hydrogen-bond acceptors (Lipinski definition) is 4. The maximum atomic E-state index is 13.2. The van der Waals surface area contributed by atoms with E-state index in [0.717, 1.165) is 23.5 Å². The Balaban J connectivity index is 1.71. The van der Waals surface area contributed by atoms with E-state index in [4.69, 9.17) is 11.6 Å². The van der Waals surface area contributed by atoms with Crippen LogP contribution in [0.5, 0.6) is 0 Å². The Morgan fingerprint density at radius 3 is 2.19 bits per heavy atom. The molecule has 0 spiro atoms. The fourth-order valence-electron chi connectivity index (χ4n) is 2.11. The molecular formula is C17H11ClF2N2O3S2. The van der Waals surface area contributed by atoms with Crippen molar-refractivity contribution in [1.82, 2.24) is 0 Å². The van der Waals surface area contributed by atoms with Gasteiger partial charge in [-0.05, 0) is 54.6 Å². The molecule has 0 bridgehead atoms. The smallest absolute Gasteiger partial charge is 0.265 e. The lowest BCUT2D eigenvalue weighted by molar-refractivity contribution is 0.103. The molecule has 0 aliphatic rings. The number of rotatable bonds is 5. The zero-order valence-corrected chi connectivity index (χ0v) is 15.8. The van der Waals surface area contributed by atoms with Gasteiger partial charge in [0.05, 0.1) is 14.1 Å². The molecule has 0 unspecified atom stereocenters. The largest absolute Gasteiger partial charge is 0.321 e. The second-order valence-electron chi connectivity index (χ2n) is 5.32. The number of carbonyl (C=O) groups excluding carboxylic acids is 1. The van der Waals surface area contributed by atoms with E-state index in [1.54, 1.807) is 12.1 Å². The van der Waals surface area contributed by atoms with Crippen LogP contribution in [0.25, 0.3) is 0 Å². The fourth-order valence-corrected chi connectivity index (χ4v) is 4.12. The van der Waals surface area contributed by atoms with Crippen molar-refractivity contribution in [3.63, 3.8) is 0 Å². The van der Waals surface area contributed by atoms with E-state index in [-0.39, 0.29) is 11.6 Å². The summed E-state index contributed by atoms with van der Waals surface area (Å²) in [6.45, 7) is 0. The summed E-state index contributed by atoms with van der Waals surface area (Å²) in [5.41, 5.74) is 0.636. The predicted octanol–water partition coefficient (Wildman–Crippen LogP) is 4.73. The van der Waals surface area contributed by atoms with Gasteiger partial charge in [-0.1, -0.05) is 11.6 Å². The van der Waals surface area contributed by atoms with Crippen LogP contribution in [0.4, 0.5) is 20.2 Å². The summed E-state index contributed by atoms with van der Waals surface area (Å²) < 4.78 is 53.4. The highest BCUT2D eigenvalue weighted by Gasteiger charge is 2.17. The molecule has 2 aromatic carbocycles. The van der Waals surface area contributed by atoms with Crippen LogP contribution in [0.15, 0.2) is 59.5 Å². The normalized spacial score (nSPS) is 11.2. The summed E-state index contributed by atoms with van der Waals surface area (Å²) in [6, 6.07) is 11.3. The highest BCUT2D eigenvalue weighted by molar-refractivity contribution is 7.92. The number of benzene rings is 2. The monoisotopic (exact) mass is 428 g/mol. The van der Waals surface area contributed by atoms with Crippen LogP contribution >= 0.6 is 22.9 Å². The number of hydrogen-bond donors (Lipinski definition) is 2. The molecule has 0 fully saturated rings. The van der Waals surface area contributed by atoms with E-state index < -0.39 is 26.6 Å². The summed E-state index contributed by atoms with van der Waals surface area (Å²) in [5, 5.41) is 2.65. The third-order valence-electron chi connectivity index (χ3n) is 3.39. The third-order valence-corrected chi connectivity index (χ3v) is 6.00. The molecule has 10 heteroatoms. The molecular weight excluding hydrogens is 418 g/mol. The molecule has 5 nitrogen and oxygen atoms in total. The molecule has 3 rings (SSSR count). The lowest BCUT2D eigenvalue weighted by Gasteiger charge is -2.09. The minimum absolute atomic E-state index is 0.192. The standard InChI is InChI=1S/C17H11ClF2N2O3S2/c18-16-8-7-15(26-16)17(23)21-10-1-3-11(4-2-10)22-27(24,25)12-5-6-13(19)14(20)9-12/h1-9,22H,(H,21,23). The van der Waals surface area contributed by atoms with Gasteiger partial charge in [0.15, 0.2) is 11.6 Å². The molecule has 1 heterocycles. The van der Waals surface area contributed by atoms with Crippen LogP contribution in [0, 0.1) is 11.6 Å². The fraction of sp³-hybridized carbons (Fsp3) is 0. The molecule has 2 N–H and O–H groups in total. The Kier molecular flexibility index (Phi) is 5.45.